The fourth-order valence-electron chi connectivity index (χ4n) is 3.47. The Hall–Kier alpha value is -3.13. The van der Waals surface area contributed by atoms with Gasteiger partial charge < -0.3 is 9.64 Å². The summed E-state index contributed by atoms with van der Waals surface area (Å²) in [5.41, 5.74) is 2.35. The number of carbonyl (C=O) groups excluding carboxylic acids is 1. The number of rotatable bonds is 4. The van der Waals surface area contributed by atoms with Crippen LogP contribution in [0.4, 0.5) is 4.79 Å². The van der Waals surface area contributed by atoms with Crippen LogP contribution in [0.5, 0.6) is 0 Å². The fourth-order valence-corrected chi connectivity index (χ4v) is 4.43. The van der Waals surface area contributed by atoms with E-state index in [1.165, 1.54) is 11.8 Å². The number of amides is 1. The fraction of sp³-hybridized carbons (Fsp3) is 0.333. The zero-order chi connectivity index (χ0) is 22.7. The molecule has 0 aliphatic carbocycles. The number of hydrogen-bond donors (Lipinski definition) is 0. The molecule has 0 atom stereocenters. The van der Waals surface area contributed by atoms with Crippen molar-refractivity contribution in [1.29, 1.82) is 0 Å². The molecule has 8 heteroatoms. The Morgan fingerprint density at radius 3 is 2.62 bits per heavy atom. The van der Waals surface area contributed by atoms with Gasteiger partial charge in [-0.25, -0.2) is 9.78 Å². The van der Waals surface area contributed by atoms with E-state index in [0.717, 1.165) is 16.9 Å². The van der Waals surface area contributed by atoms with Gasteiger partial charge in [0, 0.05) is 31.1 Å². The maximum Gasteiger partial charge on any atom is 0.410 e. The van der Waals surface area contributed by atoms with E-state index in [9.17, 15) is 9.59 Å². The highest BCUT2D eigenvalue weighted by Gasteiger charge is 2.29. The summed E-state index contributed by atoms with van der Waals surface area (Å²) in [4.78, 5) is 36.8. The first-order chi connectivity index (χ1) is 15.3. The largest absolute Gasteiger partial charge is 0.444 e. The van der Waals surface area contributed by atoms with Gasteiger partial charge in [-0.2, -0.15) is 0 Å². The zero-order valence-corrected chi connectivity index (χ0v) is 19.3. The molecule has 2 aromatic heterocycles. The lowest BCUT2D eigenvalue weighted by Gasteiger charge is -2.31. The van der Waals surface area contributed by atoms with Gasteiger partial charge >= 0.3 is 6.09 Å². The van der Waals surface area contributed by atoms with Crippen LogP contribution in [0.3, 0.4) is 0 Å². The molecular weight excluding hydrogens is 424 g/mol. The average molecular weight is 451 g/mol. The minimum absolute atomic E-state index is 0.150. The van der Waals surface area contributed by atoms with Crippen molar-refractivity contribution in [2.45, 2.75) is 50.2 Å². The Morgan fingerprint density at radius 2 is 1.94 bits per heavy atom. The van der Waals surface area contributed by atoms with Crippen LogP contribution < -0.4 is 5.56 Å². The highest BCUT2D eigenvalue weighted by molar-refractivity contribution is 7.98. The van der Waals surface area contributed by atoms with Gasteiger partial charge in [0.25, 0.3) is 5.56 Å². The minimum Gasteiger partial charge on any atom is -0.444 e. The molecule has 3 aromatic rings. The van der Waals surface area contributed by atoms with Gasteiger partial charge in [0.1, 0.15) is 5.60 Å². The number of nitrogens with zero attached hydrogens (tertiary/aromatic N) is 4. The molecular formula is C24H26N4O3S. The molecule has 0 saturated carbocycles. The minimum atomic E-state index is -0.591. The van der Waals surface area contributed by atoms with Crippen LogP contribution in [0.15, 0.2) is 64.8 Å². The van der Waals surface area contributed by atoms with E-state index < -0.39 is 11.7 Å². The van der Waals surface area contributed by atoms with Crippen molar-refractivity contribution in [3.05, 3.63) is 82.0 Å². The lowest BCUT2D eigenvalue weighted by Crippen LogP contribution is -2.43. The number of pyridine rings is 1. The van der Waals surface area contributed by atoms with Gasteiger partial charge in [0.15, 0.2) is 5.16 Å². The maximum absolute atomic E-state index is 13.6. The number of thioether (sulfide) groups is 1. The van der Waals surface area contributed by atoms with Gasteiger partial charge in [-0.05, 0) is 44.5 Å². The summed E-state index contributed by atoms with van der Waals surface area (Å²) in [5.74, 6) is 0.649. The second-order valence-corrected chi connectivity index (χ2v) is 9.54. The van der Waals surface area contributed by atoms with Crippen LogP contribution >= 0.6 is 11.8 Å². The third-order valence-corrected chi connectivity index (χ3v) is 5.97. The molecule has 0 bridgehead atoms. The highest BCUT2D eigenvalue weighted by atomic mass is 32.2. The van der Waals surface area contributed by atoms with Crippen LogP contribution in [0.2, 0.25) is 0 Å². The summed E-state index contributed by atoms with van der Waals surface area (Å²) in [5, 5.41) is 0.634. The Kier molecular flexibility index (Phi) is 6.32. The molecule has 1 aromatic carbocycles. The van der Waals surface area contributed by atoms with Gasteiger partial charge in [-0.3, -0.25) is 14.3 Å². The molecule has 3 heterocycles. The van der Waals surface area contributed by atoms with E-state index in [4.69, 9.17) is 9.72 Å². The summed E-state index contributed by atoms with van der Waals surface area (Å²) < 4.78 is 7.14. The van der Waals surface area contributed by atoms with Crippen molar-refractivity contribution in [3.63, 3.8) is 0 Å². The van der Waals surface area contributed by atoms with Crippen LogP contribution in [0, 0.1) is 0 Å². The van der Waals surface area contributed by atoms with E-state index in [1.807, 2.05) is 69.4 Å². The number of carbonyl (C=O) groups is 1. The van der Waals surface area contributed by atoms with Crippen LogP contribution in [0.1, 0.15) is 37.6 Å². The quantitative estimate of drug-likeness (QED) is 0.438. The Balaban J connectivity index is 1.70. The number of fused-ring (bicyclic) bond motifs is 1. The second kappa shape index (κ2) is 9.16. The third kappa shape index (κ3) is 5.02. The van der Waals surface area contributed by atoms with E-state index in [0.29, 0.717) is 29.4 Å². The number of ether oxygens (including phenoxy) is 1. The predicted molar refractivity (Wildman–Crippen MR) is 124 cm³/mol. The average Bonchev–Trinajstić information content (AvgIpc) is 2.77. The van der Waals surface area contributed by atoms with E-state index >= 15 is 0 Å². The molecule has 4 rings (SSSR count). The lowest BCUT2D eigenvalue weighted by atomic mass is 10.1. The Morgan fingerprint density at radius 1 is 1.16 bits per heavy atom. The molecule has 0 spiro atoms. The summed E-state index contributed by atoms with van der Waals surface area (Å²) in [7, 11) is 0. The number of hydrogen-bond acceptors (Lipinski definition) is 6. The van der Waals surface area contributed by atoms with Crippen LogP contribution in [-0.4, -0.2) is 37.7 Å². The first kappa shape index (κ1) is 22.1. The third-order valence-electron chi connectivity index (χ3n) is 4.96. The summed E-state index contributed by atoms with van der Waals surface area (Å²) in [6.45, 7) is 6.16. The molecule has 0 radical (unpaired) electrons. The Labute approximate surface area is 191 Å². The maximum atomic E-state index is 13.6. The van der Waals surface area contributed by atoms with Crippen molar-refractivity contribution in [2.75, 3.05) is 6.54 Å². The predicted octanol–water partition coefficient (Wildman–Crippen LogP) is 4.21. The van der Waals surface area contributed by atoms with E-state index in [1.54, 1.807) is 15.7 Å². The molecule has 32 heavy (non-hydrogen) atoms. The summed E-state index contributed by atoms with van der Waals surface area (Å²) in [6.07, 6.45) is 3.65. The van der Waals surface area contributed by atoms with Crippen LogP contribution in [-0.2, 0) is 23.5 Å². The topological polar surface area (TPSA) is 77.3 Å². The van der Waals surface area contributed by atoms with E-state index in [-0.39, 0.29) is 12.1 Å². The molecule has 166 valence electrons. The molecule has 1 amide bonds. The molecule has 0 saturated heterocycles. The highest BCUT2D eigenvalue weighted by Crippen LogP contribution is 2.26. The normalized spacial score (nSPS) is 13.5. The number of para-hydroxylation sites is 1. The Bertz CT molecular complexity index is 1160. The number of benzene rings is 1. The van der Waals surface area contributed by atoms with Crippen molar-refractivity contribution < 1.29 is 9.53 Å². The smallest absolute Gasteiger partial charge is 0.410 e. The standard InChI is InChI=1S/C24H26N4O3S/c1-24(2,3)31-23(30)27-13-11-20-19(15-27)21(29)28(18-9-5-4-6-10-18)22(26-20)32-16-17-8-7-12-25-14-17/h4-10,12,14H,11,13,15-16H2,1-3H3. The molecule has 7 nitrogen and oxygen atoms in total. The summed E-state index contributed by atoms with van der Waals surface area (Å²) in [6, 6.07) is 13.4. The van der Waals surface area contributed by atoms with E-state index in [2.05, 4.69) is 4.98 Å². The van der Waals surface area contributed by atoms with Gasteiger partial charge in [-0.1, -0.05) is 36.0 Å². The van der Waals surface area contributed by atoms with Gasteiger partial charge in [0.05, 0.1) is 23.5 Å². The van der Waals surface area contributed by atoms with Crippen molar-refractivity contribution >= 4 is 17.9 Å². The molecule has 1 aliphatic rings. The van der Waals surface area contributed by atoms with Crippen LogP contribution in [0.25, 0.3) is 5.69 Å². The van der Waals surface area contributed by atoms with Gasteiger partial charge in [0.2, 0.25) is 0 Å². The molecule has 0 fully saturated rings. The first-order valence-electron chi connectivity index (χ1n) is 10.5. The van der Waals surface area contributed by atoms with Crippen molar-refractivity contribution in [2.24, 2.45) is 0 Å². The van der Waals surface area contributed by atoms with Crippen molar-refractivity contribution in [3.8, 4) is 5.69 Å². The molecule has 0 N–H and O–H groups in total. The second-order valence-electron chi connectivity index (χ2n) is 8.60. The molecule has 1 aliphatic heterocycles. The van der Waals surface area contributed by atoms with Crippen molar-refractivity contribution in [1.82, 2.24) is 19.4 Å². The number of aromatic nitrogens is 3. The zero-order valence-electron chi connectivity index (χ0n) is 18.4. The lowest BCUT2D eigenvalue weighted by molar-refractivity contribution is 0.0221. The molecule has 0 unspecified atom stereocenters. The SMILES string of the molecule is CC(C)(C)OC(=O)N1CCc2nc(SCc3cccnc3)n(-c3ccccc3)c(=O)c2C1. The summed E-state index contributed by atoms with van der Waals surface area (Å²) >= 11 is 1.50. The van der Waals surface area contributed by atoms with Gasteiger partial charge in [-0.15, -0.1) is 0 Å². The monoisotopic (exact) mass is 450 g/mol. The first-order valence-corrected chi connectivity index (χ1v) is 11.5.